The zero-order valence-electron chi connectivity index (χ0n) is 13.1. The second-order valence-corrected chi connectivity index (χ2v) is 6.52. The van der Waals surface area contributed by atoms with Gasteiger partial charge in [0.2, 0.25) is 12.1 Å². The number of phenols is 3. The molecular weight excluding hydrogens is 344 g/mol. The molecule has 3 unspecified atom stereocenters. The molecule has 0 radical (unpaired) electrons. The molecule has 0 bridgehead atoms. The molecule has 0 aromatic heterocycles. The normalized spacial score (nSPS) is 25.3. The number of carbonyl (C=O) groups excluding carboxylic acids is 2. The smallest absolute Gasteiger partial charge is 0.209 e. The minimum absolute atomic E-state index is 0.0288. The quantitative estimate of drug-likeness (QED) is 0.464. The van der Waals surface area contributed by atoms with Crippen molar-refractivity contribution in [1.82, 2.24) is 0 Å². The molecule has 2 aliphatic heterocycles. The van der Waals surface area contributed by atoms with E-state index in [1.54, 1.807) is 0 Å². The molecule has 0 amide bonds. The van der Waals surface area contributed by atoms with Crippen LogP contribution in [0.4, 0.5) is 0 Å². The number of aliphatic hydroxyl groups excluding tert-OH is 1. The van der Waals surface area contributed by atoms with Gasteiger partial charge in [0.05, 0.1) is 29.8 Å². The van der Waals surface area contributed by atoms with Gasteiger partial charge in [-0.3, -0.25) is 9.59 Å². The Balaban J connectivity index is 1.78. The van der Waals surface area contributed by atoms with E-state index in [0.717, 1.165) is 12.1 Å². The van der Waals surface area contributed by atoms with Crippen molar-refractivity contribution >= 4 is 11.6 Å². The number of ketones is 2. The number of hydrogen-bond donors (Lipinski definition) is 4. The predicted octanol–water partition coefficient (Wildman–Crippen LogP) is 0.772. The Morgan fingerprint density at radius 2 is 1.69 bits per heavy atom. The summed E-state index contributed by atoms with van der Waals surface area (Å²) < 4.78 is 10.9. The lowest BCUT2D eigenvalue weighted by atomic mass is 9.80. The highest BCUT2D eigenvalue weighted by Gasteiger charge is 2.49. The summed E-state index contributed by atoms with van der Waals surface area (Å²) in [7, 11) is 0. The van der Waals surface area contributed by atoms with Crippen LogP contribution in [0.3, 0.4) is 0 Å². The number of aromatic hydroxyl groups is 3. The Labute approximate surface area is 145 Å². The van der Waals surface area contributed by atoms with E-state index in [9.17, 15) is 30.0 Å². The van der Waals surface area contributed by atoms with E-state index in [1.807, 2.05) is 0 Å². The van der Waals surface area contributed by atoms with Crippen LogP contribution in [0.25, 0.3) is 0 Å². The molecule has 2 aromatic carbocycles. The zero-order chi connectivity index (χ0) is 18.3. The fraction of sp³-hybridized carbons (Fsp3) is 0.222. The summed E-state index contributed by atoms with van der Waals surface area (Å²) in [5, 5.41) is 40.5. The van der Waals surface area contributed by atoms with E-state index in [-0.39, 0.29) is 45.9 Å². The molecule has 5 rings (SSSR count). The maximum Gasteiger partial charge on any atom is 0.209 e. The number of benzene rings is 2. The molecule has 132 valence electrons. The number of carbonyl (C=O) groups is 2. The number of rotatable bonds is 0. The average molecular weight is 356 g/mol. The molecule has 0 saturated carbocycles. The van der Waals surface area contributed by atoms with Crippen molar-refractivity contribution in [2.24, 2.45) is 0 Å². The van der Waals surface area contributed by atoms with E-state index in [1.165, 1.54) is 6.07 Å². The SMILES string of the molecule is O=C1c2cc(O)cc(O)c2C(=O)c2c1cc1c(c2O)C2C(O)COC2O1. The first kappa shape index (κ1) is 15.2. The maximum absolute atomic E-state index is 12.9. The topological polar surface area (TPSA) is 134 Å². The molecule has 0 spiro atoms. The van der Waals surface area contributed by atoms with Crippen molar-refractivity contribution in [3.05, 3.63) is 46.0 Å². The summed E-state index contributed by atoms with van der Waals surface area (Å²) in [5.74, 6) is -3.28. The Bertz CT molecular complexity index is 1020. The van der Waals surface area contributed by atoms with Gasteiger partial charge in [0, 0.05) is 22.8 Å². The van der Waals surface area contributed by atoms with Crippen molar-refractivity contribution in [2.45, 2.75) is 18.3 Å². The number of fused-ring (bicyclic) bond motifs is 5. The van der Waals surface area contributed by atoms with Crippen LogP contribution >= 0.6 is 0 Å². The number of hydrogen-bond acceptors (Lipinski definition) is 8. The minimum Gasteiger partial charge on any atom is -0.508 e. The zero-order valence-corrected chi connectivity index (χ0v) is 13.1. The summed E-state index contributed by atoms with van der Waals surface area (Å²) in [6.45, 7) is 0.0288. The van der Waals surface area contributed by atoms with Crippen LogP contribution < -0.4 is 4.74 Å². The van der Waals surface area contributed by atoms with Gasteiger partial charge in [-0.25, -0.2) is 0 Å². The second kappa shape index (κ2) is 4.75. The van der Waals surface area contributed by atoms with Gasteiger partial charge in [-0.2, -0.15) is 0 Å². The van der Waals surface area contributed by atoms with Gasteiger partial charge in [-0.1, -0.05) is 0 Å². The molecule has 3 aliphatic rings. The summed E-state index contributed by atoms with van der Waals surface area (Å²) in [4.78, 5) is 25.7. The van der Waals surface area contributed by atoms with Crippen LogP contribution in [0.1, 0.15) is 43.3 Å². The molecule has 8 heteroatoms. The van der Waals surface area contributed by atoms with Crippen molar-refractivity contribution in [3.8, 4) is 23.0 Å². The highest BCUT2D eigenvalue weighted by atomic mass is 16.7. The van der Waals surface area contributed by atoms with Gasteiger partial charge < -0.3 is 29.9 Å². The lowest BCUT2D eigenvalue weighted by Gasteiger charge is -2.21. The maximum atomic E-state index is 12.9. The molecule has 8 nitrogen and oxygen atoms in total. The Morgan fingerprint density at radius 1 is 0.962 bits per heavy atom. The summed E-state index contributed by atoms with van der Waals surface area (Å²) in [6.07, 6.45) is -1.72. The molecule has 1 aliphatic carbocycles. The predicted molar refractivity (Wildman–Crippen MR) is 83.9 cm³/mol. The Morgan fingerprint density at radius 3 is 2.46 bits per heavy atom. The van der Waals surface area contributed by atoms with Gasteiger partial charge in [0.1, 0.15) is 23.0 Å². The molecule has 1 fully saturated rings. The Hall–Kier alpha value is -3.10. The lowest BCUT2D eigenvalue weighted by molar-refractivity contribution is -0.0348. The minimum atomic E-state index is -0.919. The monoisotopic (exact) mass is 356 g/mol. The van der Waals surface area contributed by atoms with Crippen LogP contribution in [0.15, 0.2) is 18.2 Å². The summed E-state index contributed by atoms with van der Waals surface area (Å²) in [6, 6.07) is 3.36. The van der Waals surface area contributed by atoms with E-state index in [0.29, 0.717) is 0 Å². The van der Waals surface area contributed by atoms with Crippen molar-refractivity contribution in [2.75, 3.05) is 6.61 Å². The standard InChI is InChI=1S/C18H12O8/c19-5-1-6-11(8(20)2-5)16(23)12-7(15(6)22)3-10-14(17(12)24)13-9(21)4-25-18(13)26-10/h1-3,9,13,18-21,24H,4H2. The highest BCUT2D eigenvalue weighted by molar-refractivity contribution is 6.30. The first-order valence-corrected chi connectivity index (χ1v) is 7.90. The third kappa shape index (κ3) is 1.69. The van der Waals surface area contributed by atoms with Crippen LogP contribution in [-0.4, -0.2) is 51.0 Å². The van der Waals surface area contributed by atoms with E-state index in [2.05, 4.69) is 0 Å². The Kier molecular flexibility index (Phi) is 2.77. The van der Waals surface area contributed by atoms with Crippen molar-refractivity contribution in [3.63, 3.8) is 0 Å². The number of ether oxygens (including phenoxy) is 2. The summed E-state index contributed by atoms with van der Waals surface area (Å²) >= 11 is 0. The van der Waals surface area contributed by atoms with Crippen LogP contribution in [0.2, 0.25) is 0 Å². The lowest BCUT2D eigenvalue weighted by Crippen LogP contribution is -2.22. The largest absolute Gasteiger partial charge is 0.508 e. The van der Waals surface area contributed by atoms with Gasteiger partial charge in [0.25, 0.3) is 0 Å². The molecule has 1 saturated heterocycles. The van der Waals surface area contributed by atoms with Crippen LogP contribution in [0, 0.1) is 0 Å². The molecule has 2 heterocycles. The fourth-order valence-electron chi connectivity index (χ4n) is 3.93. The summed E-state index contributed by atoms with van der Waals surface area (Å²) in [5.41, 5.74) is -0.589. The third-order valence-corrected chi connectivity index (χ3v) is 5.06. The van der Waals surface area contributed by atoms with Crippen LogP contribution in [-0.2, 0) is 4.74 Å². The van der Waals surface area contributed by atoms with Gasteiger partial charge in [-0.15, -0.1) is 0 Å². The van der Waals surface area contributed by atoms with Crippen LogP contribution in [0.5, 0.6) is 23.0 Å². The molecule has 2 aromatic rings. The van der Waals surface area contributed by atoms with Crippen molar-refractivity contribution < 1.29 is 39.5 Å². The van der Waals surface area contributed by atoms with Gasteiger partial charge in [-0.05, 0) is 12.1 Å². The van der Waals surface area contributed by atoms with Gasteiger partial charge in [0.15, 0.2) is 5.78 Å². The molecule has 26 heavy (non-hydrogen) atoms. The fourth-order valence-corrected chi connectivity index (χ4v) is 3.93. The average Bonchev–Trinajstić information content (AvgIpc) is 3.11. The van der Waals surface area contributed by atoms with E-state index >= 15 is 0 Å². The van der Waals surface area contributed by atoms with E-state index < -0.39 is 41.4 Å². The number of aliphatic hydroxyl groups is 1. The third-order valence-electron chi connectivity index (χ3n) is 5.06. The first-order chi connectivity index (χ1) is 12.4. The van der Waals surface area contributed by atoms with E-state index in [4.69, 9.17) is 9.47 Å². The van der Waals surface area contributed by atoms with Crippen molar-refractivity contribution in [1.29, 1.82) is 0 Å². The molecular formula is C18H12O8. The first-order valence-electron chi connectivity index (χ1n) is 7.90. The molecule has 4 N–H and O–H groups in total. The number of phenolic OH excluding ortho intramolecular Hbond substituents is 3. The highest BCUT2D eigenvalue weighted by Crippen LogP contribution is 2.52. The van der Waals surface area contributed by atoms with Gasteiger partial charge >= 0.3 is 0 Å². The molecule has 3 atom stereocenters. The second-order valence-electron chi connectivity index (χ2n) is 6.52.